The lowest BCUT2D eigenvalue weighted by Crippen LogP contribution is -2.60. The number of rotatable bonds is 2. The Morgan fingerprint density at radius 2 is 2.00 bits per heavy atom. The summed E-state index contributed by atoms with van der Waals surface area (Å²) in [7, 11) is 0. The van der Waals surface area contributed by atoms with Crippen molar-refractivity contribution in [3.63, 3.8) is 0 Å². The topological polar surface area (TPSA) is 49.9 Å². The SMILES string of the molecule is O=C1CC2COCCN2C(=O)N1Cc1ccccc1. The van der Waals surface area contributed by atoms with Gasteiger partial charge in [-0.25, -0.2) is 4.79 Å². The number of morpholine rings is 1. The Hall–Kier alpha value is -1.88. The van der Waals surface area contributed by atoms with Crippen LogP contribution in [0.1, 0.15) is 12.0 Å². The van der Waals surface area contributed by atoms with E-state index < -0.39 is 0 Å². The predicted octanol–water partition coefficient (Wildman–Crippen LogP) is 1.24. The van der Waals surface area contributed by atoms with Gasteiger partial charge in [-0.3, -0.25) is 9.69 Å². The summed E-state index contributed by atoms with van der Waals surface area (Å²) < 4.78 is 5.32. The molecule has 2 heterocycles. The maximum atomic E-state index is 12.3. The van der Waals surface area contributed by atoms with Crippen LogP contribution in [-0.2, 0) is 16.1 Å². The van der Waals surface area contributed by atoms with Crippen molar-refractivity contribution in [2.45, 2.75) is 19.0 Å². The zero-order valence-corrected chi connectivity index (χ0v) is 10.6. The summed E-state index contributed by atoms with van der Waals surface area (Å²) in [5, 5.41) is 0. The fourth-order valence-electron chi connectivity index (χ4n) is 2.57. The van der Waals surface area contributed by atoms with E-state index in [2.05, 4.69) is 0 Å². The summed E-state index contributed by atoms with van der Waals surface area (Å²) in [6.45, 7) is 1.94. The highest BCUT2D eigenvalue weighted by molar-refractivity contribution is 5.97. The summed E-state index contributed by atoms with van der Waals surface area (Å²) in [6, 6.07) is 9.31. The van der Waals surface area contributed by atoms with Gasteiger partial charge in [-0.1, -0.05) is 30.3 Å². The molecule has 0 saturated carbocycles. The van der Waals surface area contributed by atoms with E-state index in [1.54, 1.807) is 4.90 Å². The van der Waals surface area contributed by atoms with Gasteiger partial charge in [0.05, 0.1) is 32.2 Å². The Morgan fingerprint density at radius 3 is 2.79 bits per heavy atom. The highest BCUT2D eigenvalue weighted by Crippen LogP contribution is 2.22. The van der Waals surface area contributed by atoms with E-state index in [4.69, 9.17) is 4.74 Å². The fourth-order valence-corrected chi connectivity index (χ4v) is 2.57. The summed E-state index contributed by atoms with van der Waals surface area (Å²) in [5.74, 6) is -0.111. The first-order valence-corrected chi connectivity index (χ1v) is 6.48. The molecule has 0 aromatic heterocycles. The van der Waals surface area contributed by atoms with Gasteiger partial charge in [0.25, 0.3) is 0 Å². The second-order valence-electron chi connectivity index (χ2n) is 4.87. The monoisotopic (exact) mass is 260 g/mol. The number of nitrogens with zero attached hydrogens (tertiary/aromatic N) is 2. The molecule has 0 aliphatic carbocycles. The molecule has 1 atom stereocenters. The van der Waals surface area contributed by atoms with Gasteiger partial charge in [-0.15, -0.1) is 0 Å². The normalized spacial score (nSPS) is 23.5. The smallest absolute Gasteiger partial charge is 0.327 e. The standard InChI is InChI=1S/C14H16N2O3/c17-13-8-12-10-19-7-6-15(12)14(18)16(13)9-11-4-2-1-3-5-11/h1-5,12H,6-10H2. The van der Waals surface area contributed by atoms with Crippen molar-refractivity contribution in [2.24, 2.45) is 0 Å². The molecule has 3 rings (SSSR count). The van der Waals surface area contributed by atoms with Gasteiger partial charge in [0, 0.05) is 6.54 Å². The van der Waals surface area contributed by atoms with Gasteiger partial charge in [-0.2, -0.15) is 0 Å². The Kier molecular flexibility index (Phi) is 3.21. The molecule has 0 radical (unpaired) electrons. The van der Waals surface area contributed by atoms with E-state index in [1.165, 1.54) is 4.90 Å². The van der Waals surface area contributed by atoms with E-state index in [-0.39, 0.29) is 18.0 Å². The number of carbonyl (C=O) groups excluding carboxylic acids is 2. The minimum atomic E-state index is -0.187. The predicted molar refractivity (Wildman–Crippen MR) is 68.3 cm³/mol. The average Bonchev–Trinajstić information content (AvgIpc) is 2.45. The van der Waals surface area contributed by atoms with Crippen molar-refractivity contribution in [3.05, 3.63) is 35.9 Å². The van der Waals surface area contributed by atoms with Crippen LogP contribution in [0.25, 0.3) is 0 Å². The Morgan fingerprint density at radius 1 is 1.21 bits per heavy atom. The molecular formula is C14H16N2O3. The third-order valence-corrected chi connectivity index (χ3v) is 3.60. The van der Waals surface area contributed by atoms with Crippen molar-refractivity contribution < 1.29 is 14.3 Å². The van der Waals surface area contributed by atoms with Gasteiger partial charge in [0.1, 0.15) is 0 Å². The minimum Gasteiger partial charge on any atom is -0.377 e. The van der Waals surface area contributed by atoms with E-state index in [0.717, 1.165) is 5.56 Å². The number of urea groups is 1. The lowest BCUT2D eigenvalue weighted by atomic mass is 10.1. The number of fused-ring (bicyclic) bond motifs is 1. The van der Waals surface area contributed by atoms with Crippen molar-refractivity contribution >= 4 is 11.9 Å². The van der Waals surface area contributed by atoms with Crippen molar-refractivity contribution in [1.29, 1.82) is 0 Å². The van der Waals surface area contributed by atoms with Crippen LogP contribution in [0.3, 0.4) is 0 Å². The summed E-state index contributed by atoms with van der Waals surface area (Å²) in [6.07, 6.45) is 0.360. The molecule has 0 N–H and O–H groups in total. The minimum absolute atomic E-state index is 0.0826. The Balaban J connectivity index is 1.77. The van der Waals surface area contributed by atoms with Crippen LogP contribution in [0.2, 0.25) is 0 Å². The summed E-state index contributed by atoms with van der Waals surface area (Å²) in [5.41, 5.74) is 0.968. The lowest BCUT2D eigenvalue weighted by Gasteiger charge is -2.42. The zero-order chi connectivity index (χ0) is 13.2. The molecule has 3 amide bonds. The van der Waals surface area contributed by atoms with Crippen LogP contribution in [0, 0.1) is 0 Å². The highest BCUT2D eigenvalue weighted by Gasteiger charge is 2.39. The molecule has 1 unspecified atom stereocenters. The third kappa shape index (κ3) is 2.33. The first-order valence-electron chi connectivity index (χ1n) is 6.48. The molecule has 0 bridgehead atoms. The van der Waals surface area contributed by atoms with Crippen LogP contribution in [-0.4, -0.2) is 47.5 Å². The Labute approximate surface area is 111 Å². The zero-order valence-electron chi connectivity index (χ0n) is 10.6. The molecule has 0 spiro atoms. The van der Waals surface area contributed by atoms with Crippen LogP contribution in [0.4, 0.5) is 4.79 Å². The van der Waals surface area contributed by atoms with E-state index in [1.807, 2.05) is 30.3 Å². The lowest BCUT2D eigenvalue weighted by molar-refractivity contribution is -0.136. The van der Waals surface area contributed by atoms with E-state index in [9.17, 15) is 9.59 Å². The molecule has 1 aromatic carbocycles. The number of hydrogen-bond acceptors (Lipinski definition) is 3. The van der Waals surface area contributed by atoms with E-state index >= 15 is 0 Å². The van der Waals surface area contributed by atoms with Gasteiger partial charge < -0.3 is 9.64 Å². The molecule has 5 heteroatoms. The van der Waals surface area contributed by atoms with Gasteiger partial charge in [0.15, 0.2) is 0 Å². The highest BCUT2D eigenvalue weighted by atomic mass is 16.5. The second-order valence-corrected chi connectivity index (χ2v) is 4.87. The van der Waals surface area contributed by atoms with Crippen molar-refractivity contribution in [2.75, 3.05) is 19.8 Å². The van der Waals surface area contributed by atoms with Crippen molar-refractivity contribution in [1.82, 2.24) is 9.80 Å². The number of benzene rings is 1. The van der Waals surface area contributed by atoms with Crippen LogP contribution in [0.5, 0.6) is 0 Å². The molecular weight excluding hydrogens is 244 g/mol. The molecule has 2 fully saturated rings. The first kappa shape index (κ1) is 12.2. The molecule has 2 aliphatic rings. The number of amides is 3. The second kappa shape index (κ2) is 5.01. The van der Waals surface area contributed by atoms with E-state index in [0.29, 0.717) is 32.7 Å². The molecule has 5 nitrogen and oxygen atoms in total. The quantitative estimate of drug-likeness (QED) is 0.804. The number of imide groups is 1. The third-order valence-electron chi connectivity index (χ3n) is 3.60. The molecule has 100 valence electrons. The van der Waals surface area contributed by atoms with Crippen LogP contribution in [0.15, 0.2) is 30.3 Å². The molecule has 1 aromatic rings. The van der Waals surface area contributed by atoms with Gasteiger partial charge in [0.2, 0.25) is 5.91 Å². The molecule has 2 saturated heterocycles. The molecule has 2 aliphatic heterocycles. The van der Waals surface area contributed by atoms with Crippen LogP contribution < -0.4 is 0 Å². The maximum absolute atomic E-state index is 12.3. The Bertz CT molecular complexity index is 489. The maximum Gasteiger partial charge on any atom is 0.327 e. The largest absolute Gasteiger partial charge is 0.377 e. The first-order chi connectivity index (χ1) is 9.25. The summed E-state index contributed by atoms with van der Waals surface area (Å²) in [4.78, 5) is 27.5. The van der Waals surface area contributed by atoms with Crippen molar-refractivity contribution in [3.8, 4) is 0 Å². The fraction of sp³-hybridized carbons (Fsp3) is 0.429. The van der Waals surface area contributed by atoms with Gasteiger partial charge >= 0.3 is 6.03 Å². The average molecular weight is 260 g/mol. The van der Waals surface area contributed by atoms with Gasteiger partial charge in [-0.05, 0) is 5.56 Å². The number of carbonyl (C=O) groups is 2. The summed E-state index contributed by atoms with van der Waals surface area (Å²) >= 11 is 0. The number of hydrogen-bond donors (Lipinski definition) is 0. The van der Waals surface area contributed by atoms with Crippen LogP contribution >= 0.6 is 0 Å². The number of ether oxygens (including phenoxy) is 1. The molecule has 19 heavy (non-hydrogen) atoms.